The Hall–Kier alpha value is -2.89. The molecule has 0 aliphatic heterocycles. The van der Waals surface area contributed by atoms with E-state index in [4.69, 9.17) is 5.11 Å². The quantitative estimate of drug-likeness (QED) is 0.369. The van der Waals surface area contributed by atoms with Crippen molar-refractivity contribution in [3.05, 3.63) is 65.1 Å². The summed E-state index contributed by atoms with van der Waals surface area (Å²) < 4.78 is 0.594. The zero-order chi connectivity index (χ0) is 13.7. The number of nitrogens with zero attached hydrogens (tertiary/aromatic N) is 2. The molecule has 0 spiro atoms. The highest BCUT2D eigenvalue weighted by Gasteiger charge is 2.04. The van der Waals surface area contributed by atoms with Gasteiger partial charge in [-0.15, -0.1) is 0 Å². The smallest absolute Gasteiger partial charge is 0.271 e. The van der Waals surface area contributed by atoms with Crippen molar-refractivity contribution >= 4 is 12.1 Å². The maximum absolute atomic E-state index is 11.6. The zero-order valence-electron chi connectivity index (χ0n) is 9.85. The fourth-order valence-corrected chi connectivity index (χ4v) is 1.35. The number of phenolic OH excluding ortho intramolecular Hbond substituents is 1. The van der Waals surface area contributed by atoms with Gasteiger partial charge in [0.1, 0.15) is 5.75 Å². The van der Waals surface area contributed by atoms with E-state index in [-0.39, 0.29) is 5.75 Å². The third-order valence-corrected chi connectivity index (χ3v) is 2.34. The molecular formula is C13H11N3O3. The molecule has 0 saturated carbocycles. The van der Waals surface area contributed by atoms with Crippen LogP contribution in [-0.2, 0) is 0 Å². The van der Waals surface area contributed by atoms with E-state index in [1.165, 1.54) is 42.9 Å². The van der Waals surface area contributed by atoms with Crippen molar-refractivity contribution in [2.75, 3.05) is 0 Å². The third-order valence-electron chi connectivity index (χ3n) is 2.34. The van der Waals surface area contributed by atoms with Crippen LogP contribution in [0.2, 0.25) is 0 Å². The Morgan fingerprint density at radius 1 is 1.21 bits per heavy atom. The number of carbonyl (C=O) groups is 1. The van der Waals surface area contributed by atoms with Crippen LogP contribution >= 0.6 is 0 Å². The standard InChI is InChI=1S/C13H11N3O3/c17-12-3-1-10(2-4-12)9-14-15-13(18)11-5-7-16(19)8-6-11/h1-9,17H,(H,15,18)/b14-9+. The number of rotatable bonds is 3. The first kappa shape index (κ1) is 12.6. The molecule has 0 unspecified atom stereocenters. The van der Waals surface area contributed by atoms with Crippen LogP contribution in [0.15, 0.2) is 53.9 Å². The van der Waals surface area contributed by atoms with Crippen LogP contribution in [0.5, 0.6) is 5.75 Å². The fourth-order valence-electron chi connectivity index (χ4n) is 1.35. The van der Waals surface area contributed by atoms with E-state index in [1.807, 2.05) is 0 Å². The van der Waals surface area contributed by atoms with E-state index in [0.29, 0.717) is 10.3 Å². The van der Waals surface area contributed by atoms with Crippen LogP contribution in [-0.4, -0.2) is 17.2 Å². The van der Waals surface area contributed by atoms with Crippen LogP contribution in [0.25, 0.3) is 0 Å². The number of hydrazone groups is 1. The molecule has 2 rings (SSSR count). The number of benzene rings is 1. The summed E-state index contributed by atoms with van der Waals surface area (Å²) in [6.45, 7) is 0. The van der Waals surface area contributed by atoms with Crippen LogP contribution in [0.1, 0.15) is 15.9 Å². The number of carbonyl (C=O) groups excluding carboxylic acids is 1. The molecule has 0 atom stereocenters. The molecule has 1 aromatic carbocycles. The van der Waals surface area contributed by atoms with Crippen molar-refractivity contribution in [2.24, 2.45) is 5.10 Å². The maximum Gasteiger partial charge on any atom is 0.271 e. The summed E-state index contributed by atoms with van der Waals surface area (Å²) in [6.07, 6.45) is 3.92. The molecule has 2 N–H and O–H groups in total. The van der Waals surface area contributed by atoms with Crippen LogP contribution < -0.4 is 10.2 Å². The third kappa shape index (κ3) is 3.53. The Balaban J connectivity index is 1.96. The first-order valence-electron chi connectivity index (χ1n) is 5.46. The molecule has 19 heavy (non-hydrogen) atoms. The lowest BCUT2D eigenvalue weighted by molar-refractivity contribution is -0.605. The second kappa shape index (κ2) is 5.63. The number of hydrogen-bond acceptors (Lipinski definition) is 4. The summed E-state index contributed by atoms with van der Waals surface area (Å²) in [7, 11) is 0. The average molecular weight is 257 g/mol. The van der Waals surface area contributed by atoms with Gasteiger partial charge < -0.3 is 10.3 Å². The van der Waals surface area contributed by atoms with Gasteiger partial charge in [0, 0.05) is 12.1 Å². The van der Waals surface area contributed by atoms with Gasteiger partial charge in [0.25, 0.3) is 5.91 Å². The van der Waals surface area contributed by atoms with Gasteiger partial charge in [0.05, 0.1) is 11.8 Å². The van der Waals surface area contributed by atoms with Gasteiger partial charge in [0.15, 0.2) is 12.4 Å². The molecule has 1 amide bonds. The summed E-state index contributed by atoms with van der Waals surface area (Å²) >= 11 is 0. The summed E-state index contributed by atoms with van der Waals surface area (Å²) in [6, 6.07) is 9.17. The largest absolute Gasteiger partial charge is 0.619 e. The second-order valence-electron chi connectivity index (χ2n) is 3.74. The number of aromatic hydroxyl groups is 1. The van der Waals surface area contributed by atoms with Gasteiger partial charge in [-0.1, -0.05) is 0 Å². The molecule has 0 aliphatic rings. The SMILES string of the molecule is O=C(N/N=C/c1ccc(O)cc1)c1cc[n+]([O-])cc1. The normalized spacial score (nSPS) is 10.5. The Kier molecular flexibility index (Phi) is 3.72. The topological polar surface area (TPSA) is 88.6 Å². The Labute approximate surface area is 109 Å². The first-order valence-corrected chi connectivity index (χ1v) is 5.46. The van der Waals surface area contributed by atoms with Gasteiger partial charge in [-0.05, 0) is 29.8 Å². The van der Waals surface area contributed by atoms with E-state index < -0.39 is 5.91 Å². The van der Waals surface area contributed by atoms with Crippen molar-refractivity contribution in [3.8, 4) is 5.75 Å². The number of phenols is 1. The molecule has 0 fully saturated rings. The summed E-state index contributed by atoms with van der Waals surface area (Å²) in [5.74, 6) is -0.244. The first-order chi connectivity index (χ1) is 9.15. The van der Waals surface area contributed by atoms with Gasteiger partial charge in [-0.2, -0.15) is 9.83 Å². The number of nitrogens with one attached hydrogen (secondary N) is 1. The minimum Gasteiger partial charge on any atom is -0.619 e. The van der Waals surface area contributed by atoms with E-state index in [0.717, 1.165) is 5.56 Å². The van der Waals surface area contributed by atoms with Gasteiger partial charge in [-0.25, -0.2) is 5.43 Å². The molecule has 0 bridgehead atoms. The number of pyridine rings is 1. The second-order valence-corrected chi connectivity index (χ2v) is 3.74. The van der Waals surface area contributed by atoms with Crippen molar-refractivity contribution in [1.29, 1.82) is 0 Å². The maximum atomic E-state index is 11.6. The monoisotopic (exact) mass is 257 g/mol. The molecular weight excluding hydrogens is 246 g/mol. The van der Waals surface area contributed by atoms with Gasteiger partial charge in [0.2, 0.25) is 0 Å². The van der Waals surface area contributed by atoms with E-state index in [2.05, 4.69) is 10.5 Å². The number of amides is 1. The molecule has 6 heteroatoms. The van der Waals surface area contributed by atoms with E-state index >= 15 is 0 Å². The number of hydrogen-bond donors (Lipinski definition) is 2. The summed E-state index contributed by atoms with van der Waals surface area (Å²) in [4.78, 5) is 11.6. The Morgan fingerprint density at radius 2 is 1.84 bits per heavy atom. The lowest BCUT2D eigenvalue weighted by atomic mass is 10.2. The summed E-state index contributed by atoms with van der Waals surface area (Å²) in [5, 5.41) is 23.7. The van der Waals surface area contributed by atoms with Crippen LogP contribution in [0, 0.1) is 5.21 Å². The zero-order valence-corrected chi connectivity index (χ0v) is 9.85. The Morgan fingerprint density at radius 3 is 2.47 bits per heavy atom. The lowest BCUT2D eigenvalue weighted by Crippen LogP contribution is -2.26. The average Bonchev–Trinajstić information content (AvgIpc) is 2.41. The van der Waals surface area contributed by atoms with Crippen molar-refractivity contribution in [2.45, 2.75) is 0 Å². The van der Waals surface area contributed by atoms with Crippen LogP contribution in [0.4, 0.5) is 0 Å². The van der Waals surface area contributed by atoms with Crippen molar-refractivity contribution in [3.63, 3.8) is 0 Å². The molecule has 96 valence electrons. The molecule has 1 heterocycles. The van der Waals surface area contributed by atoms with Crippen molar-refractivity contribution in [1.82, 2.24) is 5.43 Å². The van der Waals surface area contributed by atoms with Gasteiger partial charge in [-0.3, -0.25) is 4.79 Å². The highest BCUT2D eigenvalue weighted by molar-refractivity contribution is 5.94. The lowest BCUT2D eigenvalue weighted by Gasteiger charge is -1.99. The van der Waals surface area contributed by atoms with Crippen molar-refractivity contribution < 1.29 is 14.6 Å². The highest BCUT2D eigenvalue weighted by Crippen LogP contribution is 2.07. The number of aromatic nitrogens is 1. The molecule has 2 aromatic rings. The predicted molar refractivity (Wildman–Crippen MR) is 68.6 cm³/mol. The Bertz CT molecular complexity index is 592. The van der Waals surface area contributed by atoms with Crippen LogP contribution in [0.3, 0.4) is 0 Å². The van der Waals surface area contributed by atoms with Gasteiger partial charge >= 0.3 is 0 Å². The summed E-state index contributed by atoms with van der Waals surface area (Å²) in [5.41, 5.74) is 3.42. The molecule has 1 aromatic heterocycles. The van der Waals surface area contributed by atoms with E-state index in [9.17, 15) is 10.0 Å². The van der Waals surface area contributed by atoms with E-state index in [1.54, 1.807) is 12.1 Å². The molecule has 0 aliphatic carbocycles. The minimum atomic E-state index is -0.407. The molecule has 6 nitrogen and oxygen atoms in total. The fraction of sp³-hybridized carbons (Fsp3) is 0. The molecule has 0 radical (unpaired) electrons. The minimum absolute atomic E-state index is 0.163. The molecule has 0 saturated heterocycles. The highest BCUT2D eigenvalue weighted by atomic mass is 16.5. The predicted octanol–water partition coefficient (Wildman–Crippen LogP) is 0.789.